The lowest BCUT2D eigenvalue weighted by Gasteiger charge is -2.14. The van der Waals surface area contributed by atoms with Crippen molar-refractivity contribution in [1.29, 1.82) is 0 Å². The highest BCUT2D eigenvalue weighted by molar-refractivity contribution is 14.1. The average molecular weight is 605 g/mol. The van der Waals surface area contributed by atoms with Crippen LogP contribution >= 0.6 is 46.0 Å². The molecule has 1 fully saturated rings. The standard InChI is InChI=1S/C22H19ClFIN2O5S/c1-3-31-17-8-12(7-16(25)20(17)32-4-2)9-18-21(29)27(22(30)33-18)11-19(28)26-13-5-6-15(24)14(23)10-13/h5-10H,3-4,11H2,1-2H3,(H,26,28)/b18-9+. The summed E-state index contributed by atoms with van der Waals surface area (Å²) in [5.74, 6) is -0.673. The van der Waals surface area contributed by atoms with Crippen molar-refractivity contribution in [3.8, 4) is 11.5 Å². The second-order valence-electron chi connectivity index (χ2n) is 6.64. The van der Waals surface area contributed by atoms with Gasteiger partial charge in [0, 0.05) is 5.69 Å². The van der Waals surface area contributed by atoms with Gasteiger partial charge in [-0.2, -0.15) is 0 Å². The zero-order chi connectivity index (χ0) is 24.1. The first-order valence-corrected chi connectivity index (χ1v) is 12.1. The molecule has 0 atom stereocenters. The Bertz CT molecular complexity index is 1140. The van der Waals surface area contributed by atoms with Crippen LogP contribution in [0.4, 0.5) is 14.9 Å². The van der Waals surface area contributed by atoms with Crippen molar-refractivity contribution in [2.24, 2.45) is 0 Å². The molecule has 0 spiro atoms. The maximum Gasteiger partial charge on any atom is 0.294 e. The number of nitrogens with one attached hydrogen (secondary N) is 1. The number of halogens is 3. The fourth-order valence-electron chi connectivity index (χ4n) is 2.92. The molecule has 3 rings (SSSR count). The molecule has 11 heteroatoms. The number of carbonyl (C=O) groups is 3. The number of hydrogen-bond acceptors (Lipinski definition) is 6. The third-order valence-corrected chi connectivity index (χ3v) is 6.30. The smallest absolute Gasteiger partial charge is 0.294 e. The Morgan fingerprint density at radius 2 is 1.94 bits per heavy atom. The summed E-state index contributed by atoms with van der Waals surface area (Å²) in [5.41, 5.74) is 0.906. The van der Waals surface area contributed by atoms with Crippen molar-refractivity contribution < 1.29 is 28.2 Å². The van der Waals surface area contributed by atoms with E-state index < -0.39 is 29.4 Å². The molecule has 3 amide bonds. The molecule has 2 aromatic rings. The van der Waals surface area contributed by atoms with Gasteiger partial charge in [-0.25, -0.2) is 4.39 Å². The van der Waals surface area contributed by atoms with Crippen LogP contribution in [-0.2, 0) is 9.59 Å². The van der Waals surface area contributed by atoms with Gasteiger partial charge >= 0.3 is 0 Å². The van der Waals surface area contributed by atoms with E-state index in [1.165, 1.54) is 12.1 Å². The summed E-state index contributed by atoms with van der Waals surface area (Å²) >= 11 is 8.56. The number of amides is 3. The first kappa shape index (κ1) is 25.3. The Morgan fingerprint density at radius 3 is 2.61 bits per heavy atom. The zero-order valence-electron chi connectivity index (χ0n) is 17.6. The lowest BCUT2D eigenvalue weighted by Crippen LogP contribution is -2.36. The second-order valence-corrected chi connectivity index (χ2v) is 9.20. The topological polar surface area (TPSA) is 84.9 Å². The van der Waals surface area contributed by atoms with Crippen LogP contribution in [0.25, 0.3) is 6.08 Å². The van der Waals surface area contributed by atoms with Gasteiger partial charge in [-0.3, -0.25) is 19.3 Å². The summed E-state index contributed by atoms with van der Waals surface area (Å²) in [6, 6.07) is 7.22. The van der Waals surface area contributed by atoms with E-state index in [0.717, 1.165) is 26.3 Å². The highest BCUT2D eigenvalue weighted by atomic mass is 127. The normalized spacial score (nSPS) is 14.7. The second kappa shape index (κ2) is 11.2. The summed E-state index contributed by atoms with van der Waals surface area (Å²) < 4.78 is 25.4. The molecular weight excluding hydrogens is 586 g/mol. The molecule has 0 saturated carbocycles. The van der Waals surface area contributed by atoms with Crippen molar-refractivity contribution in [2.45, 2.75) is 13.8 Å². The molecule has 0 aromatic heterocycles. The number of hydrogen-bond donors (Lipinski definition) is 1. The van der Waals surface area contributed by atoms with Gasteiger partial charge in [0.1, 0.15) is 12.4 Å². The van der Waals surface area contributed by atoms with Gasteiger partial charge in [0.25, 0.3) is 11.1 Å². The first-order valence-electron chi connectivity index (χ1n) is 9.82. The molecule has 1 saturated heterocycles. The molecule has 2 aromatic carbocycles. The van der Waals surface area contributed by atoms with E-state index in [0.29, 0.717) is 30.3 Å². The third kappa shape index (κ3) is 6.18. The Hall–Kier alpha value is -2.31. The van der Waals surface area contributed by atoms with Gasteiger partial charge in [0.15, 0.2) is 11.5 Å². The number of benzene rings is 2. The number of imide groups is 1. The van der Waals surface area contributed by atoms with Gasteiger partial charge < -0.3 is 14.8 Å². The van der Waals surface area contributed by atoms with Crippen molar-refractivity contribution in [1.82, 2.24) is 4.90 Å². The van der Waals surface area contributed by atoms with Crippen LogP contribution in [0, 0.1) is 9.39 Å². The third-order valence-electron chi connectivity index (χ3n) is 4.30. The van der Waals surface area contributed by atoms with Crippen molar-refractivity contribution in [2.75, 3.05) is 25.1 Å². The van der Waals surface area contributed by atoms with E-state index in [-0.39, 0.29) is 15.6 Å². The molecule has 0 bridgehead atoms. The molecular formula is C22H19ClFIN2O5S. The molecule has 1 N–H and O–H groups in total. The van der Waals surface area contributed by atoms with E-state index >= 15 is 0 Å². The van der Waals surface area contributed by atoms with Crippen LogP contribution in [0.15, 0.2) is 35.2 Å². The van der Waals surface area contributed by atoms with Gasteiger partial charge in [-0.05, 0) is 90.2 Å². The maximum atomic E-state index is 13.3. The predicted octanol–water partition coefficient (Wildman–Crippen LogP) is 5.56. The number of carbonyl (C=O) groups excluding carboxylic acids is 3. The molecule has 7 nitrogen and oxygen atoms in total. The van der Waals surface area contributed by atoms with Crippen molar-refractivity contribution in [3.05, 3.63) is 55.2 Å². The quantitative estimate of drug-likeness (QED) is 0.314. The lowest BCUT2D eigenvalue weighted by molar-refractivity contribution is -0.127. The minimum absolute atomic E-state index is 0.154. The Labute approximate surface area is 212 Å². The molecule has 33 heavy (non-hydrogen) atoms. The van der Waals surface area contributed by atoms with Crippen molar-refractivity contribution >= 4 is 74.8 Å². The van der Waals surface area contributed by atoms with Crippen LogP contribution in [0.2, 0.25) is 5.02 Å². The number of anilines is 1. The van der Waals surface area contributed by atoms with Gasteiger partial charge in [-0.1, -0.05) is 11.6 Å². The monoisotopic (exact) mass is 604 g/mol. The molecule has 0 radical (unpaired) electrons. The van der Waals surface area contributed by atoms with E-state index in [2.05, 4.69) is 27.9 Å². The van der Waals surface area contributed by atoms with Gasteiger partial charge in [-0.15, -0.1) is 0 Å². The number of nitrogens with zero attached hydrogens (tertiary/aromatic N) is 1. The van der Waals surface area contributed by atoms with Crippen LogP contribution in [0.3, 0.4) is 0 Å². The van der Waals surface area contributed by atoms with Crippen molar-refractivity contribution in [3.63, 3.8) is 0 Å². The summed E-state index contributed by atoms with van der Waals surface area (Å²) in [7, 11) is 0. The zero-order valence-corrected chi connectivity index (χ0v) is 21.3. The van der Waals surface area contributed by atoms with Crippen LogP contribution in [0.5, 0.6) is 11.5 Å². The largest absolute Gasteiger partial charge is 0.490 e. The van der Waals surface area contributed by atoms with Crippen LogP contribution in [0.1, 0.15) is 19.4 Å². The fraction of sp³-hybridized carbons (Fsp3) is 0.227. The minimum atomic E-state index is -0.623. The predicted molar refractivity (Wildman–Crippen MR) is 134 cm³/mol. The Kier molecular flexibility index (Phi) is 8.60. The van der Waals surface area contributed by atoms with E-state index in [1.807, 2.05) is 19.9 Å². The maximum absolute atomic E-state index is 13.3. The highest BCUT2D eigenvalue weighted by Gasteiger charge is 2.36. The SMILES string of the molecule is CCOc1cc(/C=C2/SC(=O)N(CC(=O)Nc3ccc(F)c(Cl)c3)C2=O)cc(I)c1OCC. The molecule has 0 unspecified atom stereocenters. The highest BCUT2D eigenvalue weighted by Crippen LogP contribution is 2.37. The summed E-state index contributed by atoms with van der Waals surface area (Å²) in [4.78, 5) is 38.5. The number of rotatable bonds is 8. The summed E-state index contributed by atoms with van der Waals surface area (Å²) in [6.07, 6.45) is 1.57. The number of ether oxygens (including phenoxy) is 2. The molecule has 1 aliphatic rings. The first-order chi connectivity index (χ1) is 15.7. The molecule has 0 aliphatic carbocycles. The number of thioether (sulfide) groups is 1. The van der Waals surface area contributed by atoms with Crippen LogP contribution < -0.4 is 14.8 Å². The lowest BCUT2D eigenvalue weighted by atomic mass is 10.2. The summed E-state index contributed by atoms with van der Waals surface area (Å²) in [6.45, 7) is 4.15. The molecule has 174 valence electrons. The van der Waals surface area contributed by atoms with E-state index in [4.69, 9.17) is 21.1 Å². The summed E-state index contributed by atoms with van der Waals surface area (Å²) in [5, 5.41) is 1.77. The van der Waals surface area contributed by atoms with E-state index in [9.17, 15) is 18.8 Å². The molecule has 1 heterocycles. The average Bonchev–Trinajstić information content (AvgIpc) is 3.01. The fourth-order valence-corrected chi connectivity index (χ4v) is 4.72. The van der Waals surface area contributed by atoms with Gasteiger partial charge in [0.2, 0.25) is 5.91 Å². The molecule has 1 aliphatic heterocycles. The minimum Gasteiger partial charge on any atom is -0.490 e. The van der Waals surface area contributed by atoms with Crippen LogP contribution in [-0.4, -0.2) is 41.7 Å². The Morgan fingerprint density at radius 1 is 1.21 bits per heavy atom. The van der Waals surface area contributed by atoms with Gasteiger partial charge in [0.05, 0.1) is 26.7 Å². The Balaban J connectivity index is 1.76. The van der Waals surface area contributed by atoms with E-state index in [1.54, 1.807) is 12.1 Å².